The highest BCUT2D eigenvalue weighted by Gasteiger charge is 2.41. The highest BCUT2D eigenvalue weighted by atomic mass is 35.5. The van der Waals surface area contributed by atoms with Gasteiger partial charge in [-0.2, -0.15) is 0 Å². The maximum Gasteiger partial charge on any atom is 0.339 e. The topological polar surface area (TPSA) is 74.8 Å². The second kappa shape index (κ2) is 7.93. The van der Waals surface area contributed by atoms with E-state index in [9.17, 15) is 18.0 Å². The summed E-state index contributed by atoms with van der Waals surface area (Å²) in [4.78, 5) is 27.2. The summed E-state index contributed by atoms with van der Waals surface area (Å²) < 4.78 is 27.1. The Bertz CT molecular complexity index is 1210. The highest BCUT2D eigenvalue weighted by Crippen LogP contribution is 2.35. The minimum Gasteiger partial charge on any atom is -0.292 e. The third-order valence-electron chi connectivity index (χ3n) is 4.81. The van der Waals surface area contributed by atoms with Crippen molar-refractivity contribution in [1.82, 2.24) is 4.31 Å². The molecule has 1 aliphatic heterocycles. The number of para-hydroxylation sites is 1. The van der Waals surface area contributed by atoms with Gasteiger partial charge in [-0.1, -0.05) is 54.1 Å². The van der Waals surface area contributed by atoms with E-state index in [1.54, 1.807) is 60.7 Å². The minimum atomic E-state index is -4.06. The van der Waals surface area contributed by atoms with E-state index in [0.29, 0.717) is 16.1 Å². The molecule has 0 radical (unpaired) electrons. The first-order chi connectivity index (χ1) is 14.4. The number of carbonyl (C=O) groups is 2. The fourth-order valence-corrected chi connectivity index (χ4v) is 4.96. The molecule has 152 valence electrons. The molecule has 0 spiro atoms. The Balaban J connectivity index is 1.73. The van der Waals surface area contributed by atoms with Crippen LogP contribution in [0.2, 0.25) is 5.02 Å². The van der Waals surface area contributed by atoms with Gasteiger partial charge in [-0.05, 0) is 42.0 Å². The van der Waals surface area contributed by atoms with Crippen LogP contribution in [0, 0.1) is 0 Å². The van der Waals surface area contributed by atoms with Crippen LogP contribution in [0.4, 0.5) is 10.5 Å². The number of ketones is 1. The van der Waals surface area contributed by atoms with E-state index < -0.39 is 16.1 Å². The lowest BCUT2D eigenvalue weighted by Gasteiger charge is -2.36. The van der Waals surface area contributed by atoms with Crippen LogP contribution in [0.25, 0.3) is 0 Å². The van der Waals surface area contributed by atoms with Crippen LogP contribution in [0.3, 0.4) is 0 Å². The first-order valence-electron chi connectivity index (χ1n) is 9.14. The molecule has 30 heavy (non-hydrogen) atoms. The smallest absolute Gasteiger partial charge is 0.292 e. The van der Waals surface area contributed by atoms with Gasteiger partial charge < -0.3 is 0 Å². The maximum absolute atomic E-state index is 13.2. The van der Waals surface area contributed by atoms with Crippen molar-refractivity contribution in [3.05, 3.63) is 95.0 Å². The predicted octanol–water partition coefficient (Wildman–Crippen LogP) is 4.35. The van der Waals surface area contributed by atoms with Gasteiger partial charge in [0.1, 0.15) is 4.90 Å². The van der Waals surface area contributed by atoms with E-state index in [-0.39, 0.29) is 29.5 Å². The molecular weight excluding hydrogens is 424 g/mol. The number of hydrogen-bond donors (Lipinski definition) is 0. The molecule has 4 rings (SSSR count). The van der Waals surface area contributed by atoms with E-state index in [1.807, 2.05) is 6.07 Å². The van der Waals surface area contributed by atoms with Gasteiger partial charge in [-0.25, -0.2) is 17.5 Å². The molecule has 0 fully saturated rings. The van der Waals surface area contributed by atoms with Crippen LogP contribution < -0.4 is 4.90 Å². The number of hydrogen-bond acceptors (Lipinski definition) is 4. The predicted molar refractivity (Wildman–Crippen MR) is 114 cm³/mol. The van der Waals surface area contributed by atoms with Gasteiger partial charge in [0.05, 0.1) is 18.8 Å². The van der Waals surface area contributed by atoms with Crippen molar-refractivity contribution in [3.63, 3.8) is 0 Å². The number of carbonyl (C=O) groups excluding carboxylic acids is 2. The number of amides is 2. The molecule has 0 bridgehead atoms. The second-order valence-electron chi connectivity index (χ2n) is 6.76. The number of anilines is 1. The van der Waals surface area contributed by atoms with Crippen molar-refractivity contribution in [1.29, 1.82) is 0 Å². The average molecular weight is 441 g/mol. The van der Waals surface area contributed by atoms with Crippen molar-refractivity contribution < 1.29 is 18.0 Å². The van der Waals surface area contributed by atoms with Crippen LogP contribution in [-0.4, -0.2) is 31.1 Å². The Morgan fingerprint density at radius 3 is 2.20 bits per heavy atom. The fourth-order valence-electron chi connectivity index (χ4n) is 3.28. The molecule has 8 heteroatoms. The number of Topliss-reactive ketones (excluding diaryl/α,β-unsaturated/α-hetero) is 1. The number of nitrogens with zero attached hydrogens (tertiary/aromatic N) is 2. The molecule has 0 atom stereocenters. The molecule has 1 aliphatic rings. The summed E-state index contributed by atoms with van der Waals surface area (Å²) in [6.45, 7) is -0.416. The van der Waals surface area contributed by atoms with Gasteiger partial charge in [0.2, 0.25) is 0 Å². The van der Waals surface area contributed by atoms with Crippen LogP contribution in [0.15, 0.2) is 83.8 Å². The molecule has 0 aliphatic carbocycles. The summed E-state index contributed by atoms with van der Waals surface area (Å²) in [7, 11) is -4.06. The summed E-state index contributed by atoms with van der Waals surface area (Å²) >= 11 is 5.88. The zero-order chi connectivity index (χ0) is 21.3. The van der Waals surface area contributed by atoms with Gasteiger partial charge in [-0.15, -0.1) is 0 Å². The summed E-state index contributed by atoms with van der Waals surface area (Å²) in [6.07, 6.45) is 0. The third-order valence-corrected chi connectivity index (χ3v) is 6.82. The van der Waals surface area contributed by atoms with Crippen molar-refractivity contribution in [2.75, 3.05) is 11.4 Å². The Morgan fingerprint density at radius 2 is 1.50 bits per heavy atom. The van der Waals surface area contributed by atoms with E-state index >= 15 is 0 Å². The van der Waals surface area contributed by atoms with E-state index in [2.05, 4.69) is 0 Å². The number of benzene rings is 3. The summed E-state index contributed by atoms with van der Waals surface area (Å²) in [5, 5.41) is 0.492. The molecule has 3 aromatic rings. The third kappa shape index (κ3) is 3.69. The minimum absolute atomic E-state index is 0.00978. The van der Waals surface area contributed by atoms with Crippen molar-refractivity contribution in [2.45, 2.75) is 11.4 Å². The number of rotatable bonds is 5. The maximum atomic E-state index is 13.2. The Labute approximate surface area is 179 Å². The van der Waals surface area contributed by atoms with Crippen molar-refractivity contribution >= 4 is 39.1 Å². The largest absolute Gasteiger partial charge is 0.339 e. The lowest BCUT2D eigenvalue weighted by Crippen LogP contribution is -2.51. The number of fused-ring (bicyclic) bond motifs is 1. The van der Waals surface area contributed by atoms with Crippen LogP contribution in [0.5, 0.6) is 0 Å². The van der Waals surface area contributed by atoms with Gasteiger partial charge in [0, 0.05) is 10.6 Å². The molecule has 0 saturated carbocycles. The molecule has 0 saturated heterocycles. The zero-order valence-corrected chi connectivity index (χ0v) is 17.3. The van der Waals surface area contributed by atoms with E-state index in [0.717, 1.165) is 4.31 Å². The monoisotopic (exact) mass is 440 g/mol. The normalized spacial score (nSPS) is 15.0. The Kier molecular flexibility index (Phi) is 5.32. The highest BCUT2D eigenvalue weighted by molar-refractivity contribution is 7.90. The van der Waals surface area contributed by atoms with E-state index in [4.69, 9.17) is 11.6 Å². The molecule has 0 N–H and O–H groups in total. The van der Waals surface area contributed by atoms with Crippen LogP contribution in [-0.2, 0) is 16.6 Å². The second-order valence-corrected chi connectivity index (χ2v) is 9.03. The first-order valence-corrected chi connectivity index (χ1v) is 11.0. The standard InChI is InChI=1S/C22H17ClN2O4S/c23-18-12-10-17(11-13-18)20(26)15-24-19-8-4-5-9-21(19)30(28,29)25(22(24)27)14-16-6-2-1-3-7-16/h1-13H,14-15H2. The first kappa shape index (κ1) is 20.1. The summed E-state index contributed by atoms with van der Waals surface area (Å²) in [5.74, 6) is -0.325. The van der Waals surface area contributed by atoms with Crippen LogP contribution >= 0.6 is 11.6 Å². The lowest BCUT2D eigenvalue weighted by molar-refractivity contribution is 0.0998. The molecule has 3 aromatic carbocycles. The van der Waals surface area contributed by atoms with Crippen LogP contribution in [0.1, 0.15) is 15.9 Å². The Hall–Kier alpha value is -3.16. The van der Waals surface area contributed by atoms with Crippen molar-refractivity contribution in [3.8, 4) is 0 Å². The van der Waals surface area contributed by atoms with Crippen molar-refractivity contribution in [2.24, 2.45) is 0 Å². The average Bonchev–Trinajstić information content (AvgIpc) is 2.75. The van der Waals surface area contributed by atoms with Gasteiger partial charge in [-0.3, -0.25) is 9.69 Å². The fraction of sp³-hybridized carbons (Fsp3) is 0.0909. The molecule has 0 unspecified atom stereocenters. The lowest BCUT2D eigenvalue weighted by atomic mass is 10.1. The molecule has 6 nitrogen and oxygen atoms in total. The molecule has 0 aromatic heterocycles. The van der Waals surface area contributed by atoms with E-state index in [1.165, 1.54) is 17.0 Å². The SMILES string of the molecule is O=C(CN1C(=O)N(Cc2ccccc2)S(=O)(=O)c2ccccc21)c1ccc(Cl)cc1. The molecule has 1 heterocycles. The number of urea groups is 1. The van der Waals surface area contributed by atoms with Gasteiger partial charge >= 0.3 is 6.03 Å². The Morgan fingerprint density at radius 1 is 0.867 bits per heavy atom. The number of halogens is 1. The van der Waals surface area contributed by atoms with Gasteiger partial charge in [0.15, 0.2) is 5.78 Å². The molecular formula is C22H17ClN2O4S. The van der Waals surface area contributed by atoms with Gasteiger partial charge in [0.25, 0.3) is 10.0 Å². The molecule has 2 amide bonds. The zero-order valence-electron chi connectivity index (χ0n) is 15.7. The summed E-state index contributed by atoms with van der Waals surface area (Å²) in [5.41, 5.74) is 1.24. The summed E-state index contributed by atoms with van der Waals surface area (Å²) in [6, 6.07) is 20.6. The number of sulfonamides is 1. The quantitative estimate of drug-likeness (QED) is 0.552.